The topological polar surface area (TPSA) is 37.4 Å². The molecule has 0 fully saturated rings. The van der Waals surface area contributed by atoms with Gasteiger partial charge < -0.3 is 0 Å². The zero-order valence-corrected chi connectivity index (χ0v) is 12.7. The van der Waals surface area contributed by atoms with Gasteiger partial charge in [0.15, 0.2) is 0 Å². The van der Waals surface area contributed by atoms with Gasteiger partial charge in [0.1, 0.15) is 0 Å². The first-order chi connectivity index (χ1) is 10.2. The maximum absolute atomic E-state index is 12.4. The summed E-state index contributed by atoms with van der Waals surface area (Å²) in [5.41, 5.74) is 2.81. The van der Waals surface area contributed by atoms with Gasteiger partial charge in [-0.15, -0.1) is 0 Å². The number of halogens is 1. The molecule has 104 valence electrons. The lowest BCUT2D eigenvalue weighted by atomic mass is 10.1. The number of amides is 2. The maximum Gasteiger partial charge on any atom is 0.261 e. The molecule has 0 bridgehead atoms. The van der Waals surface area contributed by atoms with Gasteiger partial charge in [-0.1, -0.05) is 58.4 Å². The predicted octanol–water partition coefficient (Wildman–Crippen LogP) is 3.72. The van der Waals surface area contributed by atoms with Crippen molar-refractivity contribution in [2.45, 2.75) is 0 Å². The number of nitrogens with zero attached hydrogens (tertiary/aromatic N) is 1. The number of rotatable bonds is 3. The molecule has 3 rings (SSSR count). The van der Waals surface area contributed by atoms with Gasteiger partial charge in [0.05, 0.1) is 17.7 Å². The molecule has 3 nitrogen and oxygen atoms in total. The van der Waals surface area contributed by atoms with E-state index in [-0.39, 0.29) is 18.4 Å². The first-order valence-electron chi connectivity index (χ1n) is 6.52. The van der Waals surface area contributed by atoms with Crippen LogP contribution in [0.25, 0.3) is 5.57 Å². The fraction of sp³-hybridized carbons (Fsp3) is 0.0588. The molecule has 0 N–H and O–H groups in total. The Morgan fingerprint density at radius 3 is 1.95 bits per heavy atom. The lowest BCUT2D eigenvalue weighted by Crippen LogP contribution is -2.31. The van der Waals surface area contributed by atoms with Gasteiger partial charge in [0, 0.05) is 0 Å². The summed E-state index contributed by atoms with van der Waals surface area (Å²) < 4.78 is 0. The molecule has 0 aliphatic carbocycles. The van der Waals surface area contributed by atoms with Crippen LogP contribution in [0.3, 0.4) is 0 Å². The highest BCUT2D eigenvalue weighted by atomic mass is 79.9. The molecule has 4 heteroatoms. The minimum atomic E-state index is -0.238. The van der Waals surface area contributed by atoms with Crippen molar-refractivity contribution in [3.05, 3.63) is 76.3 Å². The Morgan fingerprint density at radius 1 is 0.905 bits per heavy atom. The summed E-state index contributed by atoms with van der Waals surface area (Å²) >= 11 is 3.32. The summed E-state index contributed by atoms with van der Waals surface area (Å²) in [4.78, 5) is 27.7. The molecule has 21 heavy (non-hydrogen) atoms. The molecule has 1 aliphatic heterocycles. The fourth-order valence-corrected chi connectivity index (χ4v) is 2.80. The van der Waals surface area contributed by atoms with Crippen LogP contribution in [0.1, 0.15) is 26.3 Å². The molecule has 0 aromatic heterocycles. The van der Waals surface area contributed by atoms with Gasteiger partial charge in [-0.3, -0.25) is 14.5 Å². The van der Waals surface area contributed by atoms with Crippen LogP contribution >= 0.6 is 15.9 Å². The van der Waals surface area contributed by atoms with Crippen molar-refractivity contribution >= 4 is 33.3 Å². The molecular formula is C17H12BrNO2. The Hall–Kier alpha value is -2.20. The minimum absolute atomic E-state index is 0.238. The molecular weight excluding hydrogens is 330 g/mol. The third kappa shape index (κ3) is 2.43. The van der Waals surface area contributed by atoms with Crippen molar-refractivity contribution < 1.29 is 9.59 Å². The smallest absolute Gasteiger partial charge is 0.261 e. The predicted molar refractivity (Wildman–Crippen MR) is 85.2 cm³/mol. The zero-order chi connectivity index (χ0) is 14.8. The molecule has 2 aromatic rings. The number of fused-ring (bicyclic) bond motifs is 1. The largest absolute Gasteiger partial charge is 0.270 e. The van der Waals surface area contributed by atoms with Gasteiger partial charge in [-0.2, -0.15) is 0 Å². The monoisotopic (exact) mass is 341 g/mol. The lowest BCUT2D eigenvalue weighted by Gasteiger charge is -2.16. The number of imide groups is 1. The standard InChI is InChI=1S/C17H12BrNO2/c18-10-13(12-6-2-1-3-7-12)11-19-16(20)14-8-4-5-9-15(14)17(19)21/h1-10H,11H2/b13-10+. The normalized spacial score (nSPS) is 14.5. The number of carbonyl (C=O) groups excluding carboxylic acids is 2. The van der Waals surface area contributed by atoms with Crippen LogP contribution in [-0.2, 0) is 0 Å². The summed E-state index contributed by atoms with van der Waals surface area (Å²) in [6.07, 6.45) is 0. The first-order valence-corrected chi connectivity index (χ1v) is 7.44. The van der Waals surface area contributed by atoms with Gasteiger partial charge in [-0.05, 0) is 28.3 Å². The summed E-state index contributed by atoms with van der Waals surface area (Å²) in [5.74, 6) is -0.475. The highest BCUT2D eigenvalue weighted by molar-refractivity contribution is 9.11. The van der Waals surface area contributed by atoms with Crippen molar-refractivity contribution in [1.29, 1.82) is 0 Å². The Bertz CT molecular complexity index is 702. The van der Waals surface area contributed by atoms with Gasteiger partial charge in [0.25, 0.3) is 11.8 Å². The second-order valence-electron chi connectivity index (χ2n) is 4.74. The van der Waals surface area contributed by atoms with E-state index in [1.54, 1.807) is 29.3 Å². The molecule has 2 aromatic carbocycles. The minimum Gasteiger partial charge on any atom is -0.270 e. The van der Waals surface area contributed by atoms with Crippen LogP contribution in [0, 0.1) is 0 Å². The van der Waals surface area contributed by atoms with Gasteiger partial charge in [-0.25, -0.2) is 0 Å². The van der Waals surface area contributed by atoms with E-state index < -0.39 is 0 Å². The zero-order valence-electron chi connectivity index (χ0n) is 11.1. The summed E-state index contributed by atoms with van der Waals surface area (Å²) in [6.45, 7) is 0.252. The van der Waals surface area contributed by atoms with Gasteiger partial charge >= 0.3 is 0 Å². The SMILES string of the molecule is O=C1c2ccccc2C(=O)N1C/C(=C\Br)c1ccccc1. The molecule has 1 aliphatic rings. The average Bonchev–Trinajstić information content (AvgIpc) is 2.78. The Kier molecular flexibility index (Phi) is 3.71. The Labute approximate surface area is 131 Å². The van der Waals surface area contributed by atoms with E-state index >= 15 is 0 Å². The van der Waals surface area contributed by atoms with Crippen LogP contribution < -0.4 is 0 Å². The lowest BCUT2D eigenvalue weighted by molar-refractivity contribution is 0.0675. The Morgan fingerprint density at radius 2 is 1.43 bits per heavy atom. The highest BCUT2D eigenvalue weighted by Crippen LogP contribution is 2.26. The van der Waals surface area contributed by atoms with Crippen LogP contribution in [-0.4, -0.2) is 23.3 Å². The third-order valence-electron chi connectivity index (χ3n) is 3.48. The van der Waals surface area contributed by atoms with Crippen LogP contribution in [0.2, 0.25) is 0 Å². The van der Waals surface area contributed by atoms with Crippen molar-refractivity contribution in [1.82, 2.24) is 4.90 Å². The van der Waals surface area contributed by atoms with Crippen LogP contribution in [0.5, 0.6) is 0 Å². The third-order valence-corrected chi connectivity index (χ3v) is 4.04. The van der Waals surface area contributed by atoms with E-state index in [4.69, 9.17) is 0 Å². The molecule has 0 unspecified atom stereocenters. The molecule has 0 saturated heterocycles. The van der Waals surface area contributed by atoms with E-state index in [1.807, 2.05) is 30.3 Å². The van der Waals surface area contributed by atoms with Crippen molar-refractivity contribution in [2.24, 2.45) is 0 Å². The van der Waals surface area contributed by atoms with E-state index in [9.17, 15) is 9.59 Å². The summed E-state index contributed by atoms with van der Waals surface area (Å²) in [6, 6.07) is 16.6. The number of hydrogen-bond acceptors (Lipinski definition) is 2. The molecule has 1 heterocycles. The van der Waals surface area contributed by atoms with Crippen LogP contribution in [0.15, 0.2) is 59.6 Å². The summed E-state index contributed by atoms with van der Waals surface area (Å²) in [7, 11) is 0. The summed E-state index contributed by atoms with van der Waals surface area (Å²) in [5, 5.41) is 0. The number of carbonyl (C=O) groups is 2. The van der Waals surface area contributed by atoms with E-state index in [0.717, 1.165) is 11.1 Å². The maximum atomic E-state index is 12.4. The second kappa shape index (κ2) is 5.66. The van der Waals surface area contributed by atoms with Crippen molar-refractivity contribution in [2.75, 3.05) is 6.54 Å². The van der Waals surface area contributed by atoms with Gasteiger partial charge in [0.2, 0.25) is 0 Å². The number of benzene rings is 2. The number of hydrogen-bond donors (Lipinski definition) is 0. The van der Waals surface area contributed by atoms with E-state index in [2.05, 4.69) is 15.9 Å². The first kappa shape index (κ1) is 13.8. The molecule has 0 spiro atoms. The van der Waals surface area contributed by atoms with Crippen molar-refractivity contribution in [3.63, 3.8) is 0 Å². The Balaban J connectivity index is 1.90. The molecule has 0 radical (unpaired) electrons. The van der Waals surface area contributed by atoms with E-state index in [0.29, 0.717) is 11.1 Å². The average molecular weight is 342 g/mol. The second-order valence-corrected chi connectivity index (χ2v) is 5.20. The fourth-order valence-electron chi connectivity index (χ4n) is 2.39. The molecule has 2 amide bonds. The van der Waals surface area contributed by atoms with E-state index in [1.165, 1.54) is 4.90 Å². The quantitative estimate of drug-likeness (QED) is 0.798. The highest BCUT2D eigenvalue weighted by Gasteiger charge is 2.35. The molecule has 0 atom stereocenters. The van der Waals surface area contributed by atoms with Crippen LogP contribution in [0.4, 0.5) is 0 Å². The van der Waals surface area contributed by atoms with Crippen molar-refractivity contribution in [3.8, 4) is 0 Å². The molecule has 0 saturated carbocycles.